The third-order valence-electron chi connectivity index (χ3n) is 4.19. The van der Waals surface area contributed by atoms with Gasteiger partial charge in [-0.3, -0.25) is 9.59 Å². The number of carbonyl (C=O) groups excluding carboxylic acids is 1. The molecule has 4 rings (SSSR count). The summed E-state index contributed by atoms with van der Waals surface area (Å²) in [5, 5.41) is 2.57. The number of thiophene rings is 1. The molecule has 1 aliphatic heterocycles. The van der Waals surface area contributed by atoms with Crippen LogP contribution in [0.5, 0.6) is 0 Å². The Morgan fingerprint density at radius 2 is 2.13 bits per heavy atom. The molecule has 0 fully saturated rings. The van der Waals surface area contributed by atoms with E-state index in [1.54, 1.807) is 28.4 Å². The number of hydrogen-bond acceptors (Lipinski definition) is 4. The zero-order valence-corrected chi connectivity index (χ0v) is 13.5. The molecular formula is C18H15NO3S. The Morgan fingerprint density at radius 3 is 3.00 bits per heavy atom. The van der Waals surface area contributed by atoms with Crippen molar-refractivity contribution in [2.45, 2.75) is 19.9 Å². The molecule has 0 unspecified atom stereocenters. The number of benzene rings is 1. The van der Waals surface area contributed by atoms with Crippen LogP contribution in [0.3, 0.4) is 0 Å². The molecule has 1 amide bonds. The number of fused-ring (bicyclic) bond motifs is 2. The Labute approximate surface area is 137 Å². The van der Waals surface area contributed by atoms with E-state index in [1.807, 2.05) is 13.0 Å². The van der Waals surface area contributed by atoms with E-state index in [1.165, 1.54) is 16.5 Å². The number of nitrogens with zero attached hydrogens (tertiary/aromatic N) is 1. The van der Waals surface area contributed by atoms with Crippen LogP contribution in [0.4, 0.5) is 0 Å². The summed E-state index contributed by atoms with van der Waals surface area (Å²) in [7, 11) is 0. The maximum atomic E-state index is 12.7. The van der Waals surface area contributed by atoms with Crippen molar-refractivity contribution in [2.24, 2.45) is 0 Å². The molecule has 0 saturated heterocycles. The van der Waals surface area contributed by atoms with Crippen molar-refractivity contribution in [1.29, 1.82) is 0 Å². The highest BCUT2D eigenvalue weighted by Crippen LogP contribution is 2.25. The molecule has 0 spiro atoms. The second-order valence-corrected chi connectivity index (χ2v) is 6.82. The smallest absolute Gasteiger partial charge is 0.290 e. The first-order valence-electron chi connectivity index (χ1n) is 7.51. The lowest BCUT2D eigenvalue weighted by Crippen LogP contribution is -2.35. The molecule has 116 valence electrons. The van der Waals surface area contributed by atoms with Gasteiger partial charge >= 0.3 is 0 Å². The van der Waals surface area contributed by atoms with Gasteiger partial charge in [0.25, 0.3) is 5.91 Å². The summed E-state index contributed by atoms with van der Waals surface area (Å²) in [6.07, 6.45) is 0.857. The maximum absolute atomic E-state index is 12.7. The van der Waals surface area contributed by atoms with Gasteiger partial charge in [-0.05, 0) is 42.5 Å². The van der Waals surface area contributed by atoms with Crippen LogP contribution in [0.15, 0.2) is 44.9 Å². The van der Waals surface area contributed by atoms with Gasteiger partial charge in [0, 0.05) is 24.0 Å². The fraction of sp³-hybridized carbons (Fsp3) is 0.222. The number of amides is 1. The lowest BCUT2D eigenvalue weighted by atomic mass is 10.1. The molecule has 0 N–H and O–H groups in total. The lowest BCUT2D eigenvalue weighted by Gasteiger charge is -2.26. The second kappa shape index (κ2) is 5.35. The molecule has 0 aliphatic carbocycles. The maximum Gasteiger partial charge on any atom is 0.290 e. The minimum absolute atomic E-state index is 0.116. The van der Waals surface area contributed by atoms with Gasteiger partial charge in [-0.25, -0.2) is 0 Å². The highest BCUT2D eigenvalue weighted by Gasteiger charge is 2.24. The molecule has 0 atom stereocenters. The molecule has 1 aliphatic rings. The Hall–Kier alpha value is -2.40. The van der Waals surface area contributed by atoms with Crippen molar-refractivity contribution in [3.05, 3.63) is 67.7 Å². The first kappa shape index (κ1) is 14.2. The number of carbonyl (C=O) groups is 1. The molecule has 23 heavy (non-hydrogen) atoms. The summed E-state index contributed by atoms with van der Waals surface area (Å²) in [6.45, 7) is 3.15. The van der Waals surface area contributed by atoms with Crippen LogP contribution in [0.1, 0.15) is 26.6 Å². The average molecular weight is 325 g/mol. The van der Waals surface area contributed by atoms with Crippen LogP contribution in [0, 0.1) is 6.92 Å². The van der Waals surface area contributed by atoms with E-state index >= 15 is 0 Å². The third-order valence-corrected chi connectivity index (χ3v) is 5.21. The van der Waals surface area contributed by atoms with E-state index in [4.69, 9.17) is 4.42 Å². The quantitative estimate of drug-likeness (QED) is 0.689. The summed E-state index contributed by atoms with van der Waals surface area (Å²) >= 11 is 1.73. The van der Waals surface area contributed by atoms with E-state index in [0.29, 0.717) is 24.1 Å². The fourth-order valence-electron chi connectivity index (χ4n) is 2.95. The Bertz CT molecular complexity index is 970. The summed E-state index contributed by atoms with van der Waals surface area (Å²) < 4.78 is 5.69. The Morgan fingerprint density at radius 1 is 1.26 bits per heavy atom. The largest absolute Gasteiger partial charge is 0.451 e. The van der Waals surface area contributed by atoms with E-state index in [0.717, 1.165) is 12.0 Å². The fourth-order valence-corrected chi connectivity index (χ4v) is 3.84. The van der Waals surface area contributed by atoms with Crippen molar-refractivity contribution in [3.8, 4) is 0 Å². The second-order valence-electron chi connectivity index (χ2n) is 5.82. The lowest BCUT2D eigenvalue weighted by molar-refractivity contribution is 0.0704. The van der Waals surface area contributed by atoms with Crippen LogP contribution in [0.2, 0.25) is 0 Å². The van der Waals surface area contributed by atoms with Crippen molar-refractivity contribution < 1.29 is 9.21 Å². The van der Waals surface area contributed by atoms with Crippen LogP contribution in [-0.2, 0) is 13.0 Å². The first-order valence-corrected chi connectivity index (χ1v) is 8.39. The predicted octanol–water partition coefficient (Wildman–Crippen LogP) is 3.36. The molecule has 3 aromatic rings. The van der Waals surface area contributed by atoms with Crippen LogP contribution in [-0.4, -0.2) is 17.4 Å². The molecule has 2 aromatic heterocycles. The highest BCUT2D eigenvalue weighted by atomic mass is 32.1. The monoisotopic (exact) mass is 325 g/mol. The molecular weight excluding hydrogens is 310 g/mol. The number of hydrogen-bond donors (Lipinski definition) is 0. The van der Waals surface area contributed by atoms with E-state index < -0.39 is 0 Å². The standard InChI is InChI=1S/C18H15NO3S/c1-11-2-3-15-13(8-11)14(20)9-16(22-15)18(21)19-6-4-17-12(10-19)5-7-23-17/h2-3,5,7-9H,4,6,10H2,1H3. The molecule has 3 heterocycles. The van der Waals surface area contributed by atoms with Crippen LogP contribution in [0.25, 0.3) is 11.0 Å². The first-order chi connectivity index (χ1) is 11.1. The summed E-state index contributed by atoms with van der Waals surface area (Å²) in [5.74, 6) is -0.105. The van der Waals surface area contributed by atoms with Gasteiger partial charge in [0.15, 0.2) is 11.2 Å². The van der Waals surface area contributed by atoms with Crippen LogP contribution < -0.4 is 5.43 Å². The topological polar surface area (TPSA) is 50.5 Å². The van der Waals surface area contributed by atoms with Gasteiger partial charge in [0.05, 0.1) is 5.39 Å². The van der Waals surface area contributed by atoms with Crippen molar-refractivity contribution in [3.63, 3.8) is 0 Å². The van der Waals surface area contributed by atoms with Gasteiger partial charge in [0.2, 0.25) is 0 Å². The normalized spacial score (nSPS) is 14.0. The van der Waals surface area contributed by atoms with E-state index in [9.17, 15) is 9.59 Å². The molecule has 1 aromatic carbocycles. The molecule has 4 nitrogen and oxygen atoms in total. The van der Waals surface area contributed by atoms with Gasteiger partial charge in [-0.2, -0.15) is 0 Å². The molecule has 5 heteroatoms. The van der Waals surface area contributed by atoms with E-state index in [-0.39, 0.29) is 17.1 Å². The third kappa shape index (κ3) is 2.47. The van der Waals surface area contributed by atoms with Crippen molar-refractivity contribution >= 4 is 28.2 Å². The summed E-state index contributed by atoms with van der Waals surface area (Å²) in [5.41, 5.74) is 2.46. The minimum Gasteiger partial charge on any atom is -0.451 e. The van der Waals surface area contributed by atoms with E-state index in [2.05, 4.69) is 11.4 Å². The van der Waals surface area contributed by atoms with Gasteiger partial charge in [-0.15, -0.1) is 11.3 Å². The van der Waals surface area contributed by atoms with Crippen molar-refractivity contribution in [1.82, 2.24) is 4.90 Å². The van der Waals surface area contributed by atoms with Gasteiger partial charge < -0.3 is 9.32 Å². The number of rotatable bonds is 1. The highest BCUT2D eigenvalue weighted by molar-refractivity contribution is 7.10. The average Bonchev–Trinajstić information content (AvgIpc) is 3.02. The Kier molecular flexibility index (Phi) is 3.31. The Balaban J connectivity index is 1.70. The number of aryl methyl sites for hydroxylation is 1. The predicted molar refractivity (Wildman–Crippen MR) is 90.0 cm³/mol. The van der Waals surface area contributed by atoms with Gasteiger partial charge in [0.1, 0.15) is 5.58 Å². The molecule has 0 saturated carbocycles. The zero-order chi connectivity index (χ0) is 16.0. The van der Waals surface area contributed by atoms with Gasteiger partial charge in [-0.1, -0.05) is 11.6 Å². The SMILES string of the molecule is Cc1ccc2oc(C(=O)N3CCc4sccc4C3)cc(=O)c2c1. The molecule has 0 radical (unpaired) electrons. The van der Waals surface area contributed by atoms with Crippen molar-refractivity contribution in [2.75, 3.05) is 6.54 Å². The minimum atomic E-state index is -0.221. The summed E-state index contributed by atoms with van der Waals surface area (Å²) in [6, 6.07) is 8.77. The zero-order valence-electron chi connectivity index (χ0n) is 12.7. The molecule has 0 bridgehead atoms. The van der Waals surface area contributed by atoms with Crippen LogP contribution >= 0.6 is 11.3 Å². The summed E-state index contributed by atoms with van der Waals surface area (Å²) in [4.78, 5) is 28.0.